The van der Waals surface area contributed by atoms with Gasteiger partial charge in [-0.05, 0) is 12.1 Å². The molecule has 0 saturated carbocycles. The molecule has 36 heavy (non-hydrogen) atoms. The summed E-state index contributed by atoms with van der Waals surface area (Å²) in [7, 11) is -3.65. The second kappa shape index (κ2) is 11.2. The first-order valence-electron chi connectivity index (χ1n) is 10.5. The van der Waals surface area contributed by atoms with E-state index in [4.69, 9.17) is 9.47 Å². The minimum absolute atomic E-state index is 0.0745. The smallest absolute Gasteiger partial charge is 0.311 e. The third-order valence-corrected chi connectivity index (χ3v) is 9.20. The van der Waals surface area contributed by atoms with Gasteiger partial charge in [-0.3, -0.25) is 25.0 Å². The van der Waals surface area contributed by atoms with Crippen molar-refractivity contribution in [1.82, 2.24) is 9.29 Å². The molecule has 0 spiro atoms. The van der Waals surface area contributed by atoms with Crippen LogP contribution in [0.2, 0.25) is 0 Å². The van der Waals surface area contributed by atoms with Gasteiger partial charge in [0.15, 0.2) is 11.7 Å². The summed E-state index contributed by atoms with van der Waals surface area (Å²) < 4.78 is 37.0. The monoisotopic (exact) mass is 552 g/mol. The molecule has 12 nitrogen and oxygen atoms in total. The van der Waals surface area contributed by atoms with Gasteiger partial charge < -0.3 is 9.47 Å². The molecule has 1 aliphatic heterocycles. The molecular weight excluding hydrogens is 532 g/mol. The molecule has 1 fully saturated rings. The lowest BCUT2D eigenvalue weighted by molar-refractivity contribution is -0.384. The number of thiophene rings is 1. The lowest BCUT2D eigenvalue weighted by Gasteiger charge is -2.25. The minimum Gasteiger partial charge on any atom is -0.455 e. The van der Waals surface area contributed by atoms with Crippen LogP contribution in [0.1, 0.15) is 4.88 Å². The third kappa shape index (κ3) is 6.30. The normalized spacial score (nSPS) is 14.3. The number of esters is 1. The number of carbonyl (C=O) groups excluding carboxylic acids is 2. The van der Waals surface area contributed by atoms with E-state index in [0.29, 0.717) is 29.3 Å². The molecule has 1 saturated heterocycles. The Bertz CT molecular complexity index is 1380. The van der Waals surface area contributed by atoms with Crippen LogP contribution in [0.15, 0.2) is 46.0 Å². The number of sulfonamides is 1. The van der Waals surface area contributed by atoms with E-state index in [2.05, 4.69) is 10.3 Å². The van der Waals surface area contributed by atoms with Crippen molar-refractivity contribution in [1.29, 1.82) is 0 Å². The molecule has 1 aromatic carbocycles. The number of aromatic nitrogens is 1. The fourth-order valence-electron chi connectivity index (χ4n) is 3.24. The van der Waals surface area contributed by atoms with Crippen molar-refractivity contribution >= 4 is 55.4 Å². The Balaban J connectivity index is 1.27. The Morgan fingerprint density at radius 1 is 1.22 bits per heavy atom. The van der Waals surface area contributed by atoms with E-state index in [9.17, 15) is 28.1 Å². The quantitative estimate of drug-likeness (QED) is 0.239. The summed E-state index contributed by atoms with van der Waals surface area (Å²) in [6.07, 6.45) is -0.176. The number of benzene rings is 1. The molecule has 0 unspecified atom stereocenters. The van der Waals surface area contributed by atoms with Gasteiger partial charge in [-0.1, -0.05) is 12.1 Å². The summed E-state index contributed by atoms with van der Waals surface area (Å²) in [5.74, 6) is -1.29. The van der Waals surface area contributed by atoms with E-state index >= 15 is 0 Å². The summed E-state index contributed by atoms with van der Waals surface area (Å²) in [6.45, 7) is 0.678. The molecule has 190 valence electrons. The number of nitrogens with one attached hydrogen (secondary N) is 1. The van der Waals surface area contributed by atoms with Gasteiger partial charge in [-0.15, -0.1) is 22.7 Å². The Hall–Kier alpha value is -3.24. The van der Waals surface area contributed by atoms with Crippen LogP contribution in [-0.2, 0) is 35.5 Å². The van der Waals surface area contributed by atoms with E-state index in [0.717, 1.165) is 22.7 Å². The highest BCUT2D eigenvalue weighted by atomic mass is 32.2. The molecule has 1 amide bonds. The number of morpholine rings is 1. The van der Waals surface area contributed by atoms with E-state index in [1.165, 1.54) is 22.5 Å². The number of hydrogen-bond acceptors (Lipinski definition) is 11. The molecule has 0 bridgehead atoms. The number of nitrogens with zero attached hydrogens (tertiary/aromatic N) is 3. The predicted octanol–water partition coefficient (Wildman–Crippen LogP) is 2.53. The average Bonchev–Trinajstić information content (AvgIpc) is 3.54. The Morgan fingerprint density at radius 2 is 2.00 bits per heavy atom. The molecular formula is C21H20N4O8S3. The number of rotatable bonds is 9. The molecule has 15 heteroatoms. The molecule has 0 atom stereocenters. The Morgan fingerprint density at radius 3 is 2.75 bits per heavy atom. The molecule has 3 aromatic rings. The van der Waals surface area contributed by atoms with Crippen LogP contribution in [-0.4, -0.2) is 67.4 Å². The largest absolute Gasteiger partial charge is 0.455 e. The number of hydrogen-bond donors (Lipinski definition) is 1. The van der Waals surface area contributed by atoms with Gasteiger partial charge in [0.05, 0.1) is 30.3 Å². The number of nitro groups is 1. The van der Waals surface area contributed by atoms with Crippen molar-refractivity contribution in [2.75, 3.05) is 38.2 Å². The number of ether oxygens (including phenoxy) is 2. The van der Waals surface area contributed by atoms with Crippen LogP contribution < -0.4 is 5.32 Å². The van der Waals surface area contributed by atoms with E-state index in [1.807, 2.05) is 0 Å². The first-order valence-corrected chi connectivity index (χ1v) is 13.7. The van der Waals surface area contributed by atoms with Crippen LogP contribution >= 0.6 is 22.7 Å². The number of non-ortho nitro benzene ring substituents is 1. The molecule has 4 rings (SSSR count). The molecule has 0 aliphatic carbocycles. The van der Waals surface area contributed by atoms with E-state index < -0.39 is 33.4 Å². The molecule has 1 aliphatic rings. The van der Waals surface area contributed by atoms with Gasteiger partial charge in [0.2, 0.25) is 0 Å². The number of anilines is 1. The fourth-order valence-corrected chi connectivity index (χ4v) is 6.88. The van der Waals surface area contributed by atoms with Crippen molar-refractivity contribution < 1.29 is 32.4 Å². The van der Waals surface area contributed by atoms with Crippen LogP contribution in [0.4, 0.5) is 10.8 Å². The second-order valence-electron chi connectivity index (χ2n) is 7.47. The first kappa shape index (κ1) is 25.8. The lowest BCUT2D eigenvalue weighted by atomic mass is 10.1. The number of nitro benzene ring substituents is 1. The number of amides is 1. The SMILES string of the molecule is O=C(COC(=O)Cc1ccc(S(=O)(=O)N2CCOCC2)s1)Nc1nc(-c2cccc([N+](=O)[O-])c2)cs1. The number of carbonyl (C=O) groups is 2. The molecule has 1 N–H and O–H groups in total. The maximum atomic E-state index is 12.7. The summed E-state index contributed by atoms with van der Waals surface area (Å²) in [4.78, 5) is 39.5. The van der Waals surface area contributed by atoms with Gasteiger partial charge in [-0.2, -0.15) is 4.31 Å². The summed E-state index contributed by atoms with van der Waals surface area (Å²) >= 11 is 2.10. The Labute approximate surface area is 213 Å². The predicted molar refractivity (Wildman–Crippen MR) is 131 cm³/mol. The highest BCUT2D eigenvalue weighted by Gasteiger charge is 2.28. The average molecular weight is 553 g/mol. The topological polar surface area (TPSA) is 158 Å². The zero-order valence-corrected chi connectivity index (χ0v) is 21.1. The fraction of sp³-hybridized carbons (Fsp3) is 0.286. The number of thiazole rings is 1. The van der Waals surface area contributed by atoms with Crippen LogP contribution in [0.3, 0.4) is 0 Å². The minimum atomic E-state index is -3.65. The van der Waals surface area contributed by atoms with Gasteiger partial charge >= 0.3 is 5.97 Å². The van der Waals surface area contributed by atoms with Crippen LogP contribution in [0, 0.1) is 10.1 Å². The first-order chi connectivity index (χ1) is 17.2. The van der Waals surface area contributed by atoms with Gasteiger partial charge in [0, 0.05) is 41.0 Å². The zero-order valence-electron chi connectivity index (χ0n) is 18.6. The van der Waals surface area contributed by atoms with Crippen molar-refractivity contribution in [2.24, 2.45) is 0 Å². The van der Waals surface area contributed by atoms with Gasteiger partial charge in [-0.25, -0.2) is 13.4 Å². The van der Waals surface area contributed by atoms with Crippen LogP contribution in [0.5, 0.6) is 0 Å². The van der Waals surface area contributed by atoms with Crippen LogP contribution in [0.25, 0.3) is 11.3 Å². The Kier molecular flexibility index (Phi) is 8.05. The highest BCUT2D eigenvalue weighted by Crippen LogP contribution is 2.28. The van der Waals surface area contributed by atoms with Crippen molar-refractivity contribution in [3.8, 4) is 11.3 Å². The maximum Gasteiger partial charge on any atom is 0.311 e. The molecule has 3 heterocycles. The molecule has 2 aromatic heterocycles. The summed E-state index contributed by atoms with van der Waals surface area (Å²) in [5.41, 5.74) is 0.907. The zero-order chi connectivity index (χ0) is 25.7. The van der Waals surface area contributed by atoms with E-state index in [1.54, 1.807) is 23.6 Å². The maximum absolute atomic E-state index is 12.7. The summed E-state index contributed by atoms with van der Waals surface area (Å²) in [5, 5.41) is 15.3. The van der Waals surface area contributed by atoms with E-state index in [-0.39, 0.29) is 34.5 Å². The van der Waals surface area contributed by atoms with Crippen molar-refractivity contribution in [3.05, 3.63) is 56.8 Å². The lowest BCUT2D eigenvalue weighted by Crippen LogP contribution is -2.40. The van der Waals surface area contributed by atoms with Gasteiger partial charge in [0.1, 0.15) is 4.21 Å². The second-order valence-corrected chi connectivity index (χ2v) is 11.7. The molecule has 0 radical (unpaired) electrons. The van der Waals surface area contributed by atoms with Crippen molar-refractivity contribution in [3.63, 3.8) is 0 Å². The standard InChI is InChI=1S/C21H20N4O8S3/c26-18(23-21-22-17(13-34-21)14-2-1-3-15(10-14)25(28)29)12-33-19(27)11-16-4-5-20(35-16)36(30,31)24-6-8-32-9-7-24/h1-5,10,13H,6-9,11-12H2,(H,22,23,26). The highest BCUT2D eigenvalue weighted by molar-refractivity contribution is 7.91. The summed E-state index contributed by atoms with van der Waals surface area (Å²) in [6, 6.07) is 8.95. The van der Waals surface area contributed by atoms with Gasteiger partial charge in [0.25, 0.3) is 21.6 Å². The third-order valence-electron chi connectivity index (χ3n) is 4.99. The van der Waals surface area contributed by atoms with Crippen molar-refractivity contribution in [2.45, 2.75) is 10.6 Å².